The smallest absolute Gasteiger partial charge is 0.223 e. The lowest BCUT2D eigenvalue weighted by molar-refractivity contribution is -0.132. The molecular weight excluding hydrogens is 358 g/mol. The van der Waals surface area contributed by atoms with Crippen LogP contribution in [0.4, 0.5) is 0 Å². The summed E-state index contributed by atoms with van der Waals surface area (Å²) in [6.45, 7) is 6.27. The lowest BCUT2D eigenvalue weighted by Crippen LogP contribution is -2.47. The number of piperazine rings is 1. The summed E-state index contributed by atoms with van der Waals surface area (Å²) < 4.78 is 0. The van der Waals surface area contributed by atoms with E-state index in [1.807, 2.05) is 4.90 Å². The number of amides is 1. The van der Waals surface area contributed by atoms with Crippen molar-refractivity contribution < 1.29 is 4.79 Å². The Balaban J connectivity index is 0.00000210. The van der Waals surface area contributed by atoms with E-state index in [1.54, 1.807) is 0 Å². The van der Waals surface area contributed by atoms with E-state index < -0.39 is 0 Å². The van der Waals surface area contributed by atoms with Crippen LogP contribution in [0.25, 0.3) is 0 Å². The highest BCUT2D eigenvalue weighted by molar-refractivity contribution is 5.85. The van der Waals surface area contributed by atoms with Gasteiger partial charge in [0.25, 0.3) is 0 Å². The number of hydrogen-bond donors (Lipinski definition) is 1. The second-order valence-corrected chi connectivity index (χ2v) is 7.28. The fraction of sp³-hybridized carbons (Fsp3) is 0.409. The zero-order valence-electron chi connectivity index (χ0n) is 15.6. The van der Waals surface area contributed by atoms with Crippen LogP contribution in [-0.2, 0) is 11.3 Å². The molecule has 2 aliphatic rings. The molecule has 4 rings (SSSR count). The van der Waals surface area contributed by atoms with Crippen molar-refractivity contribution in [1.82, 2.24) is 15.1 Å². The summed E-state index contributed by atoms with van der Waals surface area (Å²) in [6.07, 6.45) is 0.615. The quantitative estimate of drug-likeness (QED) is 0.879. The number of nitrogens with zero attached hydrogens (tertiary/aromatic N) is 2. The van der Waals surface area contributed by atoms with Crippen molar-refractivity contribution in [3.8, 4) is 0 Å². The van der Waals surface area contributed by atoms with E-state index in [-0.39, 0.29) is 12.4 Å². The van der Waals surface area contributed by atoms with Gasteiger partial charge in [0.15, 0.2) is 0 Å². The molecule has 0 aliphatic carbocycles. The maximum Gasteiger partial charge on any atom is 0.223 e. The van der Waals surface area contributed by atoms with Crippen LogP contribution in [0.15, 0.2) is 54.6 Å². The van der Waals surface area contributed by atoms with Gasteiger partial charge in [0.05, 0.1) is 0 Å². The molecule has 1 fully saturated rings. The summed E-state index contributed by atoms with van der Waals surface area (Å²) in [6, 6.07) is 19.5. The van der Waals surface area contributed by atoms with Crippen LogP contribution in [0.1, 0.15) is 29.0 Å². The number of benzene rings is 2. The molecule has 4 nitrogen and oxygen atoms in total. The third-order valence-electron chi connectivity index (χ3n) is 5.58. The maximum atomic E-state index is 12.5. The lowest BCUT2D eigenvalue weighted by atomic mass is 9.84. The number of rotatable bonds is 4. The first kappa shape index (κ1) is 19.9. The molecule has 0 spiro atoms. The van der Waals surface area contributed by atoms with Gasteiger partial charge in [0, 0.05) is 58.2 Å². The molecule has 2 aliphatic heterocycles. The van der Waals surface area contributed by atoms with Crippen molar-refractivity contribution in [2.75, 3.05) is 39.3 Å². The Bertz CT molecular complexity index is 746. The first-order chi connectivity index (χ1) is 12.8. The summed E-state index contributed by atoms with van der Waals surface area (Å²) in [7, 11) is 0. The molecule has 1 amide bonds. The highest BCUT2D eigenvalue weighted by Gasteiger charge is 2.27. The predicted molar refractivity (Wildman–Crippen MR) is 111 cm³/mol. The Kier molecular flexibility index (Phi) is 6.89. The average molecular weight is 386 g/mol. The SMILES string of the molecule is Cl.O=C(CCN1Cc2ccccc2C(c2ccccc2)C1)N1CCNCC1. The highest BCUT2D eigenvalue weighted by Crippen LogP contribution is 2.33. The summed E-state index contributed by atoms with van der Waals surface area (Å²) in [5.41, 5.74) is 4.18. The second kappa shape index (κ2) is 9.36. The minimum atomic E-state index is 0. The van der Waals surface area contributed by atoms with Crippen LogP contribution in [0.5, 0.6) is 0 Å². The minimum absolute atomic E-state index is 0. The third-order valence-corrected chi connectivity index (χ3v) is 5.58. The Morgan fingerprint density at radius 3 is 2.48 bits per heavy atom. The molecule has 0 radical (unpaired) electrons. The van der Waals surface area contributed by atoms with Crippen LogP contribution in [0.2, 0.25) is 0 Å². The molecule has 1 atom stereocenters. The van der Waals surface area contributed by atoms with Gasteiger partial charge in [-0.25, -0.2) is 0 Å². The van der Waals surface area contributed by atoms with Crippen LogP contribution < -0.4 is 5.32 Å². The molecule has 0 saturated carbocycles. The molecule has 144 valence electrons. The normalized spacial score (nSPS) is 19.9. The third kappa shape index (κ3) is 4.70. The molecular formula is C22H28ClN3O. The predicted octanol–water partition coefficient (Wildman–Crippen LogP) is 2.88. The Hall–Kier alpha value is -1.88. The van der Waals surface area contributed by atoms with Crippen LogP contribution in [-0.4, -0.2) is 55.0 Å². The minimum Gasteiger partial charge on any atom is -0.340 e. The molecule has 5 heteroatoms. The number of nitrogens with one attached hydrogen (secondary N) is 1. The van der Waals surface area contributed by atoms with Gasteiger partial charge in [0.2, 0.25) is 5.91 Å². The second-order valence-electron chi connectivity index (χ2n) is 7.28. The summed E-state index contributed by atoms with van der Waals surface area (Å²) in [4.78, 5) is 17.0. The van der Waals surface area contributed by atoms with E-state index in [9.17, 15) is 4.79 Å². The van der Waals surface area contributed by atoms with Gasteiger partial charge in [-0.2, -0.15) is 0 Å². The largest absolute Gasteiger partial charge is 0.340 e. The van der Waals surface area contributed by atoms with Crippen molar-refractivity contribution in [3.63, 3.8) is 0 Å². The van der Waals surface area contributed by atoms with E-state index in [1.165, 1.54) is 16.7 Å². The van der Waals surface area contributed by atoms with Gasteiger partial charge in [-0.1, -0.05) is 54.6 Å². The van der Waals surface area contributed by atoms with Crippen molar-refractivity contribution in [1.29, 1.82) is 0 Å². The molecule has 0 aromatic heterocycles. The topological polar surface area (TPSA) is 35.6 Å². The van der Waals surface area contributed by atoms with Gasteiger partial charge in [0.1, 0.15) is 0 Å². The molecule has 27 heavy (non-hydrogen) atoms. The Labute approximate surface area is 168 Å². The lowest BCUT2D eigenvalue weighted by Gasteiger charge is -2.35. The summed E-state index contributed by atoms with van der Waals surface area (Å²) >= 11 is 0. The van der Waals surface area contributed by atoms with Gasteiger partial charge >= 0.3 is 0 Å². The Morgan fingerprint density at radius 2 is 1.70 bits per heavy atom. The van der Waals surface area contributed by atoms with Gasteiger partial charge in [-0.05, 0) is 16.7 Å². The molecule has 1 N–H and O–H groups in total. The fourth-order valence-electron chi connectivity index (χ4n) is 4.15. The first-order valence-electron chi connectivity index (χ1n) is 9.65. The first-order valence-corrected chi connectivity index (χ1v) is 9.65. The monoisotopic (exact) mass is 385 g/mol. The molecule has 2 aromatic rings. The zero-order chi connectivity index (χ0) is 17.8. The standard InChI is InChI=1S/C22H27N3O.ClH/c26-22(25-14-11-23-12-15-25)10-13-24-16-19-8-4-5-9-20(19)21(17-24)18-6-2-1-3-7-18;/h1-9,21,23H,10-17H2;1H. The van der Waals surface area contributed by atoms with Crippen LogP contribution in [0.3, 0.4) is 0 Å². The molecule has 1 unspecified atom stereocenters. The van der Waals surface area contributed by atoms with E-state index >= 15 is 0 Å². The molecule has 2 aromatic carbocycles. The fourth-order valence-corrected chi connectivity index (χ4v) is 4.15. The number of carbonyl (C=O) groups is 1. The number of halogens is 1. The molecule has 2 heterocycles. The highest BCUT2D eigenvalue weighted by atomic mass is 35.5. The van der Waals surface area contributed by atoms with Crippen molar-refractivity contribution in [3.05, 3.63) is 71.3 Å². The van der Waals surface area contributed by atoms with Crippen LogP contribution >= 0.6 is 12.4 Å². The number of hydrogen-bond acceptors (Lipinski definition) is 3. The Morgan fingerprint density at radius 1 is 1.00 bits per heavy atom. The molecule has 0 bridgehead atoms. The number of carbonyl (C=O) groups excluding carboxylic acids is 1. The van der Waals surface area contributed by atoms with E-state index in [0.29, 0.717) is 18.2 Å². The van der Waals surface area contributed by atoms with Crippen molar-refractivity contribution in [2.24, 2.45) is 0 Å². The summed E-state index contributed by atoms with van der Waals surface area (Å²) in [5, 5.41) is 3.31. The van der Waals surface area contributed by atoms with E-state index in [0.717, 1.165) is 45.8 Å². The van der Waals surface area contributed by atoms with Crippen LogP contribution in [0, 0.1) is 0 Å². The zero-order valence-corrected chi connectivity index (χ0v) is 16.5. The maximum absolute atomic E-state index is 12.5. The average Bonchev–Trinajstić information content (AvgIpc) is 2.72. The van der Waals surface area contributed by atoms with Crippen molar-refractivity contribution in [2.45, 2.75) is 18.9 Å². The van der Waals surface area contributed by atoms with Gasteiger partial charge < -0.3 is 10.2 Å². The van der Waals surface area contributed by atoms with E-state index in [2.05, 4.69) is 64.8 Å². The molecule has 1 saturated heterocycles. The van der Waals surface area contributed by atoms with Gasteiger partial charge in [-0.15, -0.1) is 12.4 Å². The number of fused-ring (bicyclic) bond motifs is 1. The van der Waals surface area contributed by atoms with Gasteiger partial charge in [-0.3, -0.25) is 9.69 Å². The summed E-state index contributed by atoms with van der Waals surface area (Å²) in [5.74, 6) is 0.678. The van der Waals surface area contributed by atoms with Crippen molar-refractivity contribution >= 4 is 18.3 Å². The van der Waals surface area contributed by atoms with E-state index in [4.69, 9.17) is 0 Å².